The summed E-state index contributed by atoms with van der Waals surface area (Å²) in [5.74, 6) is -0.824. The second kappa shape index (κ2) is 6.94. The number of rotatable bonds is 3. The summed E-state index contributed by atoms with van der Waals surface area (Å²) in [5, 5.41) is 14.9. The van der Waals surface area contributed by atoms with Crippen molar-refractivity contribution >= 4 is 34.9 Å². The lowest BCUT2D eigenvalue weighted by Crippen LogP contribution is -2.21. The number of hydrogen-bond donors (Lipinski definition) is 1. The molecule has 1 N–H and O–H groups in total. The van der Waals surface area contributed by atoms with Gasteiger partial charge in [0.25, 0.3) is 0 Å². The second-order valence-electron chi connectivity index (χ2n) is 5.36. The van der Waals surface area contributed by atoms with Crippen molar-refractivity contribution in [2.75, 3.05) is 5.32 Å². The molecule has 1 aromatic heterocycles. The van der Waals surface area contributed by atoms with Crippen molar-refractivity contribution < 1.29 is 18.0 Å². The molecule has 0 bridgehead atoms. The zero-order chi connectivity index (χ0) is 18.9. The molecular weight excluding hydrogens is 380 g/mol. The molecule has 1 heterocycles. The van der Waals surface area contributed by atoms with Gasteiger partial charge in [-0.05, 0) is 12.1 Å². The third kappa shape index (κ3) is 3.89. The number of alkyl halides is 3. The molecule has 0 fully saturated rings. The molecule has 0 atom stereocenters. The van der Waals surface area contributed by atoms with Crippen LogP contribution in [0, 0.1) is 17.2 Å². The van der Waals surface area contributed by atoms with Crippen LogP contribution in [0.3, 0.4) is 0 Å². The van der Waals surface area contributed by atoms with Crippen molar-refractivity contribution in [3.63, 3.8) is 0 Å². The van der Waals surface area contributed by atoms with Gasteiger partial charge in [0.1, 0.15) is 17.3 Å². The van der Waals surface area contributed by atoms with Crippen LogP contribution < -0.4 is 5.32 Å². The van der Waals surface area contributed by atoms with Gasteiger partial charge in [-0.15, -0.1) is 0 Å². The van der Waals surface area contributed by atoms with Gasteiger partial charge >= 0.3 is 6.18 Å². The van der Waals surface area contributed by atoms with Crippen molar-refractivity contribution in [2.24, 2.45) is 5.92 Å². The Kier molecular flexibility index (Phi) is 5.30. The summed E-state index contributed by atoms with van der Waals surface area (Å²) >= 11 is 11.9. The lowest BCUT2D eigenvalue weighted by atomic mass is 10.2. The Labute approximate surface area is 150 Å². The van der Waals surface area contributed by atoms with Crippen molar-refractivity contribution in [3.05, 3.63) is 39.5 Å². The number of halogens is 5. The third-order valence-corrected chi connectivity index (χ3v) is 3.79. The van der Waals surface area contributed by atoms with Gasteiger partial charge in [0.05, 0.1) is 21.8 Å². The SMILES string of the molecule is CC(C)C(=O)Nc1c(C#N)cnn1-c1c(Cl)cc(C(F)(F)F)cc1Cl. The van der Waals surface area contributed by atoms with E-state index in [0.29, 0.717) is 12.1 Å². The topological polar surface area (TPSA) is 70.7 Å². The Morgan fingerprint density at radius 1 is 1.32 bits per heavy atom. The highest BCUT2D eigenvalue weighted by Gasteiger charge is 2.32. The maximum atomic E-state index is 12.8. The average Bonchev–Trinajstić information content (AvgIpc) is 2.88. The Morgan fingerprint density at radius 3 is 2.32 bits per heavy atom. The van der Waals surface area contributed by atoms with E-state index >= 15 is 0 Å². The van der Waals surface area contributed by atoms with E-state index in [4.69, 9.17) is 28.5 Å². The highest BCUT2D eigenvalue weighted by atomic mass is 35.5. The fourth-order valence-corrected chi connectivity index (χ4v) is 2.56. The molecule has 5 nitrogen and oxygen atoms in total. The van der Waals surface area contributed by atoms with Gasteiger partial charge < -0.3 is 5.32 Å². The summed E-state index contributed by atoms with van der Waals surface area (Å²) in [6, 6.07) is 3.24. The van der Waals surface area contributed by atoms with Gasteiger partial charge in [-0.25, -0.2) is 4.68 Å². The van der Waals surface area contributed by atoms with E-state index in [1.54, 1.807) is 13.8 Å². The van der Waals surface area contributed by atoms with Crippen LogP contribution in [0.4, 0.5) is 19.0 Å². The monoisotopic (exact) mass is 390 g/mol. The van der Waals surface area contributed by atoms with Gasteiger partial charge in [-0.1, -0.05) is 37.0 Å². The molecule has 0 aliphatic heterocycles. The molecule has 2 rings (SSSR count). The molecule has 0 spiro atoms. The first kappa shape index (κ1) is 19.1. The molecule has 1 amide bonds. The summed E-state index contributed by atoms with van der Waals surface area (Å²) in [4.78, 5) is 11.9. The molecule has 0 saturated carbocycles. The number of nitrogens with zero attached hydrogens (tertiary/aromatic N) is 3. The molecule has 0 unspecified atom stereocenters. The van der Waals surface area contributed by atoms with Crippen LogP contribution in [0.1, 0.15) is 25.0 Å². The normalized spacial score (nSPS) is 11.5. The largest absolute Gasteiger partial charge is 0.416 e. The molecule has 0 saturated heterocycles. The third-order valence-electron chi connectivity index (χ3n) is 3.21. The lowest BCUT2D eigenvalue weighted by Gasteiger charge is -2.15. The van der Waals surface area contributed by atoms with Crippen molar-refractivity contribution in [2.45, 2.75) is 20.0 Å². The molecule has 0 aliphatic rings. The van der Waals surface area contributed by atoms with E-state index < -0.39 is 23.6 Å². The summed E-state index contributed by atoms with van der Waals surface area (Å²) < 4.78 is 39.6. The fraction of sp³-hybridized carbons (Fsp3) is 0.267. The zero-order valence-corrected chi connectivity index (χ0v) is 14.5. The van der Waals surface area contributed by atoms with Crippen LogP contribution in [-0.4, -0.2) is 15.7 Å². The number of amides is 1. The van der Waals surface area contributed by atoms with Gasteiger partial charge in [-0.2, -0.15) is 23.5 Å². The first-order valence-corrected chi connectivity index (χ1v) is 7.67. The Morgan fingerprint density at radius 2 is 1.88 bits per heavy atom. The molecule has 10 heteroatoms. The number of nitriles is 1. The predicted molar refractivity (Wildman–Crippen MR) is 86.8 cm³/mol. The van der Waals surface area contributed by atoms with Crippen LogP contribution in [-0.2, 0) is 11.0 Å². The minimum absolute atomic E-state index is 0.0148. The average molecular weight is 391 g/mol. The van der Waals surface area contributed by atoms with Crippen LogP contribution in [0.2, 0.25) is 10.0 Å². The Hall–Kier alpha value is -2.24. The zero-order valence-electron chi connectivity index (χ0n) is 12.9. The predicted octanol–water partition coefficient (Wildman–Crippen LogP) is 4.66. The van der Waals surface area contributed by atoms with Gasteiger partial charge in [0.2, 0.25) is 5.91 Å². The van der Waals surface area contributed by atoms with Gasteiger partial charge in [0.15, 0.2) is 5.82 Å². The summed E-state index contributed by atoms with van der Waals surface area (Å²) in [7, 11) is 0. The number of carbonyl (C=O) groups excluding carboxylic acids is 1. The highest BCUT2D eigenvalue weighted by Crippen LogP contribution is 2.38. The van der Waals surface area contributed by atoms with Crippen LogP contribution in [0.25, 0.3) is 5.69 Å². The maximum Gasteiger partial charge on any atom is 0.416 e. The summed E-state index contributed by atoms with van der Waals surface area (Å²) in [6.45, 7) is 3.28. The van der Waals surface area contributed by atoms with Gasteiger partial charge in [0, 0.05) is 5.92 Å². The van der Waals surface area contributed by atoms with Crippen LogP contribution in [0.5, 0.6) is 0 Å². The first-order chi connectivity index (χ1) is 11.6. The van der Waals surface area contributed by atoms with Crippen molar-refractivity contribution in [1.82, 2.24) is 9.78 Å². The number of aromatic nitrogens is 2. The van der Waals surface area contributed by atoms with Crippen LogP contribution in [0.15, 0.2) is 18.3 Å². The minimum atomic E-state index is -4.62. The number of carbonyl (C=O) groups is 1. The van der Waals surface area contributed by atoms with E-state index in [-0.39, 0.29) is 27.1 Å². The smallest absolute Gasteiger partial charge is 0.309 e. The molecular formula is C15H11Cl2F3N4O. The Balaban J connectivity index is 2.62. The number of nitrogens with one attached hydrogen (secondary N) is 1. The van der Waals surface area contributed by atoms with Crippen molar-refractivity contribution in [1.29, 1.82) is 5.26 Å². The van der Waals surface area contributed by atoms with E-state index in [9.17, 15) is 18.0 Å². The van der Waals surface area contributed by atoms with E-state index in [0.717, 1.165) is 10.9 Å². The first-order valence-electron chi connectivity index (χ1n) is 6.91. The van der Waals surface area contributed by atoms with E-state index in [1.807, 2.05) is 6.07 Å². The molecule has 0 aliphatic carbocycles. The molecule has 0 radical (unpaired) electrons. The Bertz CT molecular complexity index is 846. The summed E-state index contributed by atoms with van der Waals surface area (Å²) in [6.07, 6.45) is -3.47. The molecule has 25 heavy (non-hydrogen) atoms. The quantitative estimate of drug-likeness (QED) is 0.827. The van der Waals surface area contributed by atoms with Crippen LogP contribution >= 0.6 is 23.2 Å². The van der Waals surface area contributed by atoms with E-state index in [2.05, 4.69) is 10.4 Å². The lowest BCUT2D eigenvalue weighted by molar-refractivity contribution is -0.137. The maximum absolute atomic E-state index is 12.8. The second-order valence-corrected chi connectivity index (χ2v) is 6.18. The van der Waals surface area contributed by atoms with E-state index in [1.165, 1.54) is 0 Å². The summed E-state index contributed by atoms with van der Waals surface area (Å²) in [5.41, 5.74) is -1.08. The number of hydrogen-bond acceptors (Lipinski definition) is 3. The number of anilines is 1. The minimum Gasteiger partial charge on any atom is -0.309 e. The van der Waals surface area contributed by atoms with Gasteiger partial charge in [-0.3, -0.25) is 4.79 Å². The molecule has 1 aromatic carbocycles. The van der Waals surface area contributed by atoms with Crippen molar-refractivity contribution in [3.8, 4) is 11.8 Å². The highest BCUT2D eigenvalue weighted by molar-refractivity contribution is 6.38. The number of benzene rings is 1. The molecule has 2 aromatic rings. The molecule has 132 valence electrons. The fourth-order valence-electron chi connectivity index (χ4n) is 1.91. The standard InChI is InChI=1S/C15H11Cl2F3N4O/c1-7(2)14(25)23-13-8(5-21)6-22-24(13)12-10(16)3-9(4-11(12)17)15(18,19)20/h3-4,6-7H,1-2H3,(H,23,25).